The van der Waals surface area contributed by atoms with E-state index in [-0.39, 0.29) is 6.10 Å². The van der Waals surface area contributed by atoms with Crippen LogP contribution in [0.4, 0.5) is 0 Å². The highest BCUT2D eigenvalue weighted by molar-refractivity contribution is 5.71. The maximum atomic E-state index is 6.01. The van der Waals surface area contributed by atoms with E-state index in [4.69, 9.17) is 4.74 Å². The fourth-order valence-corrected chi connectivity index (χ4v) is 2.19. The summed E-state index contributed by atoms with van der Waals surface area (Å²) >= 11 is 0. The summed E-state index contributed by atoms with van der Waals surface area (Å²) in [5.41, 5.74) is 3.67. The van der Waals surface area contributed by atoms with Crippen molar-refractivity contribution in [1.82, 2.24) is 0 Å². The van der Waals surface area contributed by atoms with Crippen molar-refractivity contribution in [2.24, 2.45) is 0 Å². The minimum absolute atomic E-state index is 0.0334. The van der Waals surface area contributed by atoms with Crippen LogP contribution in [0.15, 0.2) is 60.7 Å². The molecule has 0 fully saturated rings. The topological polar surface area (TPSA) is 9.23 Å². The monoisotopic (exact) mass is 222 g/mol. The Hall–Kier alpha value is -2.02. The van der Waals surface area contributed by atoms with E-state index in [2.05, 4.69) is 31.2 Å². The minimum Gasteiger partial charge on any atom is -0.481 e. The molecule has 0 bridgehead atoms. The molecule has 0 radical (unpaired) electrons. The van der Waals surface area contributed by atoms with Crippen LogP contribution >= 0.6 is 0 Å². The zero-order valence-corrected chi connectivity index (χ0v) is 9.76. The summed E-state index contributed by atoms with van der Waals surface area (Å²) in [7, 11) is 0. The molecule has 3 rings (SSSR count). The van der Waals surface area contributed by atoms with Gasteiger partial charge < -0.3 is 4.74 Å². The lowest BCUT2D eigenvalue weighted by Gasteiger charge is -2.24. The molecule has 0 aliphatic carbocycles. The molecule has 1 unspecified atom stereocenters. The van der Waals surface area contributed by atoms with Crippen molar-refractivity contribution < 1.29 is 4.74 Å². The van der Waals surface area contributed by atoms with Gasteiger partial charge in [0.25, 0.3) is 0 Å². The molecule has 1 aliphatic heterocycles. The number of hydrogen-bond donors (Lipinski definition) is 0. The third kappa shape index (κ3) is 1.84. The lowest BCUT2D eigenvalue weighted by Crippen LogP contribution is -2.10. The summed E-state index contributed by atoms with van der Waals surface area (Å²) in [6, 6.07) is 18.5. The Morgan fingerprint density at radius 1 is 0.882 bits per heavy atom. The predicted molar refractivity (Wildman–Crippen MR) is 69.9 cm³/mol. The van der Waals surface area contributed by atoms with Crippen molar-refractivity contribution in [2.45, 2.75) is 13.0 Å². The van der Waals surface area contributed by atoms with Crippen LogP contribution in [0.2, 0.25) is 0 Å². The van der Waals surface area contributed by atoms with E-state index in [1.807, 2.05) is 36.4 Å². The molecule has 0 saturated heterocycles. The van der Waals surface area contributed by atoms with Gasteiger partial charge in [-0.2, -0.15) is 0 Å². The quantitative estimate of drug-likeness (QED) is 0.701. The van der Waals surface area contributed by atoms with Crippen LogP contribution in [0, 0.1) is 0 Å². The van der Waals surface area contributed by atoms with Crippen LogP contribution < -0.4 is 4.74 Å². The Labute approximate surface area is 101 Å². The zero-order chi connectivity index (χ0) is 11.7. The van der Waals surface area contributed by atoms with Gasteiger partial charge >= 0.3 is 0 Å². The molecular formula is C16H14O. The summed E-state index contributed by atoms with van der Waals surface area (Å²) in [5, 5.41) is 0. The molecule has 0 aromatic heterocycles. The number of ether oxygens (including phenoxy) is 1. The molecule has 0 N–H and O–H groups in total. The van der Waals surface area contributed by atoms with E-state index in [0.29, 0.717) is 0 Å². The second-order valence-corrected chi connectivity index (χ2v) is 4.29. The first kappa shape index (κ1) is 10.2. The molecule has 0 saturated carbocycles. The molecule has 1 atom stereocenters. The standard InChI is InChI=1S/C16H14O/c1-12-11-16(13-7-3-2-4-8-13)17-15-10-6-5-9-14(12)15/h2-11,16H,1H3. The fraction of sp³-hybridized carbons (Fsp3) is 0.125. The Morgan fingerprint density at radius 3 is 2.41 bits per heavy atom. The van der Waals surface area contributed by atoms with Crippen LogP contribution in [0.5, 0.6) is 5.75 Å². The van der Waals surface area contributed by atoms with Crippen molar-refractivity contribution in [3.05, 3.63) is 71.8 Å². The van der Waals surface area contributed by atoms with Crippen LogP contribution in [-0.2, 0) is 0 Å². The van der Waals surface area contributed by atoms with E-state index in [0.717, 1.165) is 5.75 Å². The van der Waals surface area contributed by atoms with Crippen LogP contribution in [0.25, 0.3) is 5.57 Å². The van der Waals surface area contributed by atoms with E-state index in [1.165, 1.54) is 16.7 Å². The van der Waals surface area contributed by atoms with E-state index in [9.17, 15) is 0 Å². The highest BCUT2D eigenvalue weighted by atomic mass is 16.5. The van der Waals surface area contributed by atoms with Crippen molar-refractivity contribution in [2.75, 3.05) is 0 Å². The van der Waals surface area contributed by atoms with Gasteiger partial charge in [0.15, 0.2) is 0 Å². The van der Waals surface area contributed by atoms with Gasteiger partial charge in [-0.1, -0.05) is 48.5 Å². The molecule has 2 aromatic rings. The molecule has 1 heterocycles. The Kier molecular flexibility index (Phi) is 2.45. The molecular weight excluding hydrogens is 208 g/mol. The highest BCUT2D eigenvalue weighted by Gasteiger charge is 2.18. The summed E-state index contributed by atoms with van der Waals surface area (Å²) in [6.45, 7) is 2.14. The highest BCUT2D eigenvalue weighted by Crippen LogP contribution is 2.36. The molecule has 1 nitrogen and oxygen atoms in total. The van der Waals surface area contributed by atoms with Crippen LogP contribution in [0.1, 0.15) is 24.2 Å². The van der Waals surface area contributed by atoms with E-state index in [1.54, 1.807) is 0 Å². The summed E-state index contributed by atoms with van der Waals surface area (Å²) in [4.78, 5) is 0. The van der Waals surface area contributed by atoms with Gasteiger partial charge in [0.1, 0.15) is 11.9 Å². The Morgan fingerprint density at radius 2 is 1.59 bits per heavy atom. The van der Waals surface area contributed by atoms with Gasteiger partial charge in [-0.25, -0.2) is 0 Å². The average Bonchev–Trinajstić information content (AvgIpc) is 2.40. The van der Waals surface area contributed by atoms with Crippen molar-refractivity contribution in [1.29, 1.82) is 0 Å². The number of benzene rings is 2. The molecule has 0 amide bonds. The number of hydrogen-bond acceptors (Lipinski definition) is 1. The smallest absolute Gasteiger partial charge is 0.143 e. The minimum atomic E-state index is 0.0334. The van der Waals surface area contributed by atoms with Crippen LogP contribution in [-0.4, -0.2) is 0 Å². The fourth-order valence-electron chi connectivity index (χ4n) is 2.19. The van der Waals surface area contributed by atoms with Gasteiger partial charge in [-0.15, -0.1) is 0 Å². The van der Waals surface area contributed by atoms with Gasteiger partial charge in [0.05, 0.1) is 0 Å². The molecule has 0 spiro atoms. The normalized spacial score (nSPS) is 17.9. The first-order valence-corrected chi connectivity index (χ1v) is 5.84. The maximum Gasteiger partial charge on any atom is 0.143 e. The third-order valence-electron chi connectivity index (χ3n) is 3.10. The molecule has 17 heavy (non-hydrogen) atoms. The number of fused-ring (bicyclic) bond motifs is 1. The summed E-state index contributed by atoms with van der Waals surface area (Å²) < 4.78 is 6.01. The van der Waals surface area contributed by atoms with Crippen LogP contribution in [0.3, 0.4) is 0 Å². The zero-order valence-electron chi connectivity index (χ0n) is 9.76. The average molecular weight is 222 g/mol. The lowest BCUT2D eigenvalue weighted by molar-refractivity contribution is 0.250. The van der Waals surface area contributed by atoms with Gasteiger partial charge in [0.2, 0.25) is 0 Å². The molecule has 2 aromatic carbocycles. The number of para-hydroxylation sites is 1. The van der Waals surface area contributed by atoms with Gasteiger partial charge in [-0.05, 0) is 30.2 Å². The largest absolute Gasteiger partial charge is 0.481 e. The SMILES string of the molecule is CC1=CC(c2ccccc2)Oc2ccccc21. The van der Waals surface area contributed by atoms with E-state index < -0.39 is 0 Å². The Balaban J connectivity index is 2.02. The number of rotatable bonds is 1. The summed E-state index contributed by atoms with van der Waals surface area (Å²) in [6.07, 6.45) is 2.21. The van der Waals surface area contributed by atoms with E-state index >= 15 is 0 Å². The lowest BCUT2D eigenvalue weighted by atomic mass is 9.98. The van der Waals surface area contributed by atoms with Gasteiger partial charge in [0, 0.05) is 5.56 Å². The maximum absolute atomic E-state index is 6.01. The second kappa shape index (κ2) is 4.10. The third-order valence-corrected chi connectivity index (χ3v) is 3.10. The van der Waals surface area contributed by atoms with Gasteiger partial charge in [-0.3, -0.25) is 0 Å². The number of allylic oxidation sites excluding steroid dienone is 1. The summed E-state index contributed by atoms with van der Waals surface area (Å²) in [5.74, 6) is 0.973. The Bertz CT molecular complexity index is 555. The first-order valence-electron chi connectivity index (χ1n) is 5.84. The van der Waals surface area contributed by atoms with Crippen molar-refractivity contribution in [3.8, 4) is 5.75 Å². The predicted octanol–water partition coefficient (Wildman–Crippen LogP) is 4.22. The first-order chi connectivity index (χ1) is 8.34. The van der Waals surface area contributed by atoms with Crippen molar-refractivity contribution in [3.63, 3.8) is 0 Å². The van der Waals surface area contributed by atoms with Crippen molar-refractivity contribution >= 4 is 5.57 Å². The molecule has 1 heteroatoms. The second-order valence-electron chi connectivity index (χ2n) is 4.29. The molecule has 1 aliphatic rings. The molecule has 84 valence electrons.